The summed E-state index contributed by atoms with van der Waals surface area (Å²) in [5.41, 5.74) is 0.251. The second-order valence-electron chi connectivity index (χ2n) is 8.71. The van der Waals surface area contributed by atoms with Crippen LogP contribution < -0.4 is 5.32 Å². The van der Waals surface area contributed by atoms with Crippen molar-refractivity contribution in [2.75, 3.05) is 0 Å². The molecule has 0 radical (unpaired) electrons. The van der Waals surface area contributed by atoms with E-state index in [9.17, 15) is 18.7 Å². The molecule has 0 amide bonds. The molecule has 1 aliphatic heterocycles. The average Bonchev–Trinajstić information content (AvgIpc) is 2.96. The number of hydrogen-bond donors (Lipinski definition) is 2. The number of nitrogens with one attached hydrogen (secondary N) is 1. The van der Waals surface area contributed by atoms with E-state index >= 15 is 0 Å². The lowest BCUT2D eigenvalue weighted by Crippen LogP contribution is -2.39. The predicted molar refractivity (Wildman–Crippen MR) is 111 cm³/mol. The molecule has 0 aliphatic carbocycles. The number of benzene rings is 2. The van der Waals surface area contributed by atoms with Gasteiger partial charge in [-0.3, -0.25) is 4.79 Å². The van der Waals surface area contributed by atoms with Gasteiger partial charge in [-0.1, -0.05) is 56.1 Å². The molecule has 0 spiro atoms. The zero-order valence-electron chi connectivity index (χ0n) is 16.3. The van der Waals surface area contributed by atoms with Gasteiger partial charge in [0.2, 0.25) is 0 Å². The van der Waals surface area contributed by atoms with Gasteiger partial charge in [-0.25, -0.2) is 8.78 Å². The lowest BCUT2D eigenvalue weighted by atomic mass is 9.74. The fourth-order valence-electron chi connectivity index (χ4n) is 4.30. The molecule has 2 aromatic carbocycles. The summed E-state index contributed by atoms with van der Waals surface area (Å²) in [6.07, 6.45) is 0.562. The Hall–Kier alpha value is -1.69. The van der Waals surface area contributed by atoms with Gasteiger partial charge in [-0.2, -0.15) is 0 Å². The zero-order valence-corrected chi connectivity index (χ0v) is 17.9. The first-order valence-corrected chi connectivity index (χ1v) is 10.1. The molecule has 0 saturated carbocycles. The molecular formula is C22H23Cl2F2NO2. The normalized spacial score (nSPS) is 24.7. The maximum absolute atomic E-state index is 15.0. The summed E-state index contributed by atoms with van der Waals surface area (Å²) in [6, 6.07) is 7.18. The van der Waals surface area contributed by atoms with Crippen LogP contribution in [-0.4, -0.2) is 23.2 Å². The Balaban J connectivity index is 2.23. The highest BCUT2D eigenvalue weighted by Gasteiger charge is 2.50. The molecule has 29 heavy (non-hydrogen) atoms. The number of aliphatic carboxylic acids is 1. The number of carboxylic acids is 1. The lowest BCUT2D eigenvalue weighted by molar-refractivity contribution is -0.139. The van der Waals surface area contributed by atoms with Gasteiger partial charge in [-0.15, -0.1) is 0 Å². The molecule has 7 heteroatoms. The Morgan fingerprint density at radius 1 is 1.10 bits per heavy atom. The topological polar surface area (TPSA) is 49.3 Å². The van der Waals surface area contributed by atoms with Crippen LogP contribution in [0.4, 0.5) is 8.78 Å². The third-order valence-electron chi connectivity index (χ3n) is 5.33. The first kappa shape index (κ1) is 22.0. The SMILES string of the molecule is CC(C)(C)CC1NC(C(=O)O)C(c2cccc(Cl)c2F)C1c1cc(Cl)ccc1F. The van der Waals surface area contributed by atoms with Crippen LogP contribution in [0.1, 0.15) is 50.2 Å². The number of hydrogen-bond acceptors (Lipinski definition) is 2. The van der Waals surface area contributed by atoms with Crippen molar-refractivity contribution in [2.45, 2.75) is 51.1 Å². The van der Waals surface area contributed by atoms with E-state index in [2.05, 4.69) is 5.32 Å². The smallest absolute Gasteiger partial charge is 0.321 e. The van der Waals surface area contributed by atoms with Crippen molar-refractivity contribution in [3.05, 3.63) is 69.2 Å². The van der Waals surface area contributed by atoms with Crippen LogP contribution in [0.15, 0.2) is 36.4 Å². The van der Waals surface area contributed by atoms with Gasteiger partial charge in [0, 0.05) is 22.9 Å². The maximum Gasteiger partial charge on any atom is 0.321 e. The minimum absolute atomic E-state index is 0.101. The van der Waals surface area contributed by atoms with Gasteiger partial charge in [0.05, 0.1) is 5.02 Å². The van der Waals surface area contributed by atoms with Gasteiger partial charge in [0.15, 0.2) is 0 Å². The fourth-order valence-corrected chi connectivity index (χ4v) is 4.66. The van der Waals surface area contributed by atoms with Crippen LogP contribution in [0, 0.1) is 17.0 Å². The Labute approximate surface area is 179 Å². The van der Waals surface area contributed by atoms with Crippen molar-refractivity contribution in [1.82, 2.24) is 5.32 Å². The minimum Gasteiger partial charge on any atom is -0.480 e. The summed E-state index contributed by atoms with van der Waals surface area (Å²) < 4.78 is 29.8. The van der Waals surface area contributed by atoms with E-state index in [1.54, 1.807) is 6.07 Å². The molecule has 2 aromatic rings. The molecular weight excluding hydrogens is 419 g/mol. The number of rotatable bonds is 4. The molecule has 3 nitrogen and oxygen atoms in total. The molecule has 0 aromatic heterocycles. The number of carbonyl (C=O) groups is 1. The average molecular weight is 442 g/mol. The van der Waals surface area contributed by atoms with Gasteiger partial charge < -0.3 is 10.4 Å². The minimum atomic E-state index is -1.13. The Morgan fingerprint density at radius 3 is 2.41 bits per heavy atom. The van der Waals surface area contributed by atoms with Crippen molar-refractivity contribution < 1.29 is 18.7 Å². The summed E-state index contributed by atoms with van der Waals surface area (Å²) in [5, 5.41) is 13.2. The zero-order chi connectivity index (χ0) is 21.5. The van der Waals surface area contributed by atoms with Gasteiger partial charge >= 0.3 is 5.97 Å². The summed E-state index contributed by atoms with van der Waals surface area (Å²) >= 11 is 12.1. The molecule has 2 N–H and O–H groups in total. The summed E-state index contributed by atoms with van der Waals surface area (Å²) in [5.74, 6) is -3.80. The summed E-state index contributed by atoms with van der Waals surface area (Å²) in [7, 11) is 0. The Kier molecular flexibility index (Phi) is 6.23. The fraction of sp³-hybridized carbons (Fsp3) is 0.409. The number of carboxylic acid groups (broad SMARTS) is 1. The van der Waals surface area contributed by atoms with E-state index in [1.165, 1.54) is 30.3 Å². The van der Waals surface area contributed by atoms with Crippen molar-refractivity contribution in [3.8, 4) is 0 Å². The van der Waals surface area contributed by atoms with E-state index in [4.69, 9.17) is 23.2 Å². The van der Waals surface area contributed by atoms with Crippen LogP contribution in [0.25, 0.3) is 0 Å². The molecule has 3 rings (SSSR count). The highest BCUT2D eigenvalue weighted by molar-refractivity contribution is 6.31. The van der Waals surface area contributed by atoms with Gasteiger partial charge in [-0.05, 0) is 47.2 Å². The molecule has 4 atom stereocenters. The second kappa shape index (κ2) is 8.21. The van der Waals surface area contributed by atoms with Crippen LogP contribution in [-0.2, 0) is 4.79 Å². The highest BCUT2D eigenvalue weighted by Crippen LogP contribution is 2.48. The van der Waals surface area contributed by atoms with Crippen molar-refractivity contribution >= 4 is 29.2 Å². The first-order valence-electron chi connectivity index (χ1n) is 9.37. The Morgan fingerprint density at radius 2 is 1.79 bits per heavy atom. The van der Waals surface area contributed by atoms with Crippen LogP contribution in [0.5, 0.6) is 0 Å². The Bertz CT molecular complexity index is 930. The first-order chi connectivity index (χ1) is 13.5. The van der Waals surface area contributed by atoms with E-state index in [0.717, 1.165) is 0 Å². The van der Waals surface area contributed by atoms with Crippen molar-refractivity contribution in [3.63, 3.8) is 0 Å². The number of halogens is 4. The monoisotopic (exact) mass is 441 g/mol. The molecule has 4 unspecified atom stereocenters. The second-order valence-corrected chi connectivity index (χ2v) is 9.56. The largest absolute Gasteiger partial charge is 0.480 e. The predicted octanol–water partition coefficient (Wildman–Crippen LogP) is 6.00. The van der Waals surface area contributed by atoms with Gasteiger partial charge in [0.25, 0.3) is 0 Å². The molecule has 156 valence electrons. The lowest BCUT2D eigenvalue weighted by Gasteiger charge is -2.30. The van der Waals surface area contributed by atoms with Crippen molar-refractivity contribution in [2.24, 2.45) is 5.41 Å². The third kappa shape index (κ3) is 4.57. The standard InChI is InChI=1S/C22H23Cl2F2NO2/c1-22(2,3)10-16-17(13-9-11(23)7-8-15(13)25)18(20(27-16)21(28)29)12-5-4-6-14(24)19(12)26/h4-9,16-18,20,27H,10H2,1-3H3,(H,28,29). The molecule has 0 bridgehead atoms. The molecule has 1 saturated heterocycles. The van der Waals surface area contributed by atoms with E-state index in [-0.39, 0.29) is 21.6 Å². The quantitative estimate of drug-likeness (QED) is 0.611. The van der Waals surface area contributed by atoms with Crippen LogP contribution >= 0.6 is 23.2 Å². The van der Waals surface area contributed by atoms with Crippen LogP contribution in [0.3, 0.4) is 0 Å². The third-order valence-corrected chi connectivity index (χ3v) is 5.86. The summed E-state index contributed by atoms with van der Waals surface area (Å²) in [4.78, 5) is 12.1. The maximum atomic E-state index is 15.0. The highest BCUT2D eigenvalue weighted by atomic mass is 35.5. The molecule has 1 fully saturated rings. The molecule has 1 heterocycles. The van der Waals surface area contributed by atoms with E-state index in [1.807, 2.05) is 20.8 Å². The molecule has 1 aliphatic rings. The van der Waals surface area contributed by atoms with Crippen LogP contribution in [0.2, 0.25) is 10.0 Å². The van der Waals surface area contributed by atoms with Gasteiger partial charge in [0.1, 0.15) is 17.7 Å². The van der Waals surface area contributed by atoms with E-state index in [0.29, 0.717) is 11.4 Å². The van der Waals surface area contributed by atoms with E-state index < -0.39 is 41.5 Å². The van der Waals surface area contributed by atoms with Crippen molar-refractivity contribution in [1.29, 1.82) is 0 Å². The summed E-state index contributed by atoms with van der Waals surface area (Å²) in [6.45, 7) is 6.05.